The number of likely N-dealkylation sites (tertiary alicyclic amines) is 1. The zero-order valence-corrected chi connectivity index (χ0v) is 18.8. The fourth-order valence-corrected chi connectivity index (χ4v) is 5.75. The molecule has 4 heterocycles. The van der Waals surface area contributed by atoms with Crippen LogP contribution in [0.2, 0.25) is 0 Å². The van der Waals surface area contributed by atoms with Crippen molar-refractivity contribution in [3.8, 4) is 0 Å². The first-order chi connectivity index (χ1) is 12.2. The summed E-state index contributed by atoms with van der Waals surface area (Å²) >= 11 is 1.88. The van der Waals surface area contributed by atoms with Gasteiger partial charge >= 0.3 is 0 Å². The molecule has 5 unspecified atom stereocenters. The van der Waals surface area contributed by atoms with Crippen LogP contribution in [0.25, 0.3) is 0 Å². The minimum Gasteiger partial charge on any atom is -0.373 e. The van der Waals surface area contributed by atoms with Crippen molar-refractivity contribution < 1.29 is 4.74 Å². The van der Waals surface area contributed by atoms with Crippen molar-refractivity contribution in [3.63, 3.8) is 0 Å². The Labute approximate surface area is 178 Å². The van der Waals surface area contributed by atoms with E-state index in [2.05, 4.69) is 45.1 Å². The number of nitrogens with zero attached hydrogens (tertiary/aromatic N) is 2. The summed E-state index contributed by atoms with van der Waals surface area (Å²) in [4.78, 5) is 8.45. The van der Waals surface area contributed by atoms with Crippen LogP contribution in [0.5, 0.6) is 0 Å². The number of hydrogen-bond donors (Lipinski definition) is 2. The zero-order valence-electron chi connectivity index (χ0n) is 15.7. The van der Waals surface area contributed by atoms with Crippen LogP contribution in [0, 0.1) is 5.92 Å². The van der Waals surface area contributed by atoms with Gasteiger partial charge in [-0.1, -0.05) is 6.07 Å². The fraction of sp³-hybridized carbons (Fsp3) is 0.737. The predicted molar refractivity (Wildman–Crippen MR) is 119 cm³/mol. The predicted octanol–water partition coefficient (Wildman–Crippen LogP) is 3.23. The lowest BCUT2D eigenvalue weighted by atomic mass is 9.88. The minimum absolute atomic E-state index is 0. The van der Waals surface area contributed by atoms with Crippen LogP contribution in [0.3, 0.4) is 0 Å². The number of thiophene rings is 1. The first-order valence-corrected chi connectivity index (χ1v) is 10.5. The van der Waals surface area contributed by atoms with Gasteiger partial charge < -0.3 is 15.4 Å². The molecule has 146 valence electrons. The van der Waals surface area contributed by atoms with Crippen molar-refractivity contribution in [2.24, 2.45) is 10.9 Å². The Kier molecular flexibility index (Phi) is 7.21. The van der Waals surface area contributed by atoms with E-state index in [0.29, 0.717) is 30.2 Å². The molecule has 0 radical (unpaired) electrons. The topological polar surface area (TPSA) is 48.9 Å². The maximum Gasteiger partial charge on any atom is 0.191 e. The Bertz CT molecular complexity index is 596. The van der Waals surface area contributed by atoms with E-state index in [0.717, 1.165) is 18.9 Å². The lowest BCUT2D eigenvalue weighted by molar-refractivity contribution is 0.0991. The van der Waals surface area contributed by atoms with E-state index in [1.165, 1.54) is 37.1 Å². The van der Waals surface area contributed by atoms with Gasteiger partial charge in [0.1, 0.15) is 0 Å². The number of piperidine rings is 1. The molecule has 0 aliphatic carbocycles. The molecule has 1 aromatic rings. The summed E-state index contributed by atoms with van der Waals surface area (Å²) in [6, 6.07) is 5.39. The fourth-order valence-electron chi connectivity index (χ4n) is 4.77. The van der Waals surface area contributed by atoms with Crippen LogP contribution in [-0.4, -0.2) is 56.3 Å². The Balaban J connectivity index is 0.00000196. The van der Waals surface area contributed by atoms with Gasteiger partial charge in [-0.15, -0.1) is 35.3 Å². The summed E-state index contributed by atoms with van der Waals surface area (Å²) < 4.78 is 5.95. The Hall–Kier alpha value is -0.380. The van der Waals surface area contributed by atoms with Gasteiger partial charge in [0.15, 0.2) is 5.96 Å². The van der Waals surface area contributed by atoms with Crippen LogP contribution in [0.15, 0.2) is 22.5 Å². The molecule has 0 spiro atoms. The molecule has 1 aromatic heterocycles. The van der Waals surface area contributed by atoms with Gasteiger partial charge in [0.05, 0.1) is 18.2 Å². The molecule has 2 N–H and O–H groups in total. The van der Waals surface area contributed by atoms with Crippen LogP contribution < -0.4 is 10.6 Å². The van der Waals surface area contributed by atoms with Crippen molar-refractivity contribution in [1.29, 1.82) is 0 Å². The molecule has 7 heteroatoms. The Morgan fingerprint density at radius 2 is 2.27 bits per heavy atom. The van der Waals surface area contributed by atoms with Crippen molar-refractivity contribution in [2.45, 2.75) is 56.4 Å². The third-order valence-corrected chi connectivity index (χ3v) is 6.97. The van der Waals surface area contributed by atoms with Crippen LogP contribution >= 0.6 is 35.3 Å². The first-order valence-electron chi connectivity index (χ1n) is 9.61. The van der Waals surface area contributed by atoms with Crippen molar-refractivity contribution in [1.82, 2.24) is 15.5 Å². The number of hydrogen-bond acceptors (Lipinski definition) is 4. The summed E-state index contributed by atoms with van der Waals surface area (Å²) in [5.41, 5.74) is 0. The molecule has 3 aliphatic rings. The second-order valence-corrected chi connectivity index (χ2v) is 8.64. The highest BCUT2D eigenvalue weighted by Crippen LogP contribution is 2.37. The van der Waals surface area contributed by atoms with Crippen LogP contribution in [0.4, 0.5) is 0 Å². The first kappa shape index (κ1) is 20.4. The second-order valence-electron chi connectivity index (χ2n) is 7.66. The molecular weight excluding hydrogens is 459 g/mol. The van der Waals surface area contributed by atoms with Gasteiger partial charge in [0.25, 0.3) is 0 Å². The molecule has 5 atom stereocenters. The number of rotatable bonds is 4. The highest BCUT2D eigenvalue weighted by atomic mass is 127. The smallest absolute Gasteiger partial charge is 0.191 e. The van der Waals surface area contributed by atoms with Gasteiger partial charge in [0, 0.05) is 24.5 Å². The maximum atomic E-state index is 5.95. The molecule has 3 aliphatic heterocycles. The maximum absolute atomic E-state index is 5.95. The van der Waals surface area contributed by atoms with Gasteiger partial charge in [-0.3, -0.25) is 9.89 Å². The Morgan fingerprint density at radius 3 is 2.92 bits per heavy atom. The number of fused-ring (bicyclic) bond motifs is 2. The summed E-state index contributed by atoms with van der Waals surface area (Å²) in [5.74, 6) is 1.55. The largest absolute Gasteiger partial charge is 0.373 e. The average molecular weight is 490 g/mol. The number of ether oxygens (including phenoxy) is 1. The summed E-state index contributed by atoms with van der Waals surface area (Å²) in [5, 5.41) is 9.39. The standard InChI is InChI=1S/C19H30N4OS.HI/c1-20-19(22-15-11-14-7-8-16(15)24-14)21-12-13-5-3-9-23(2)18(13)17-6-4-10-25-17;/h4,6,10,13-16,18H,3,5,7-9,11-12H2,1-2H3,(H2,20,21,22);1H. The van der Waals surface area contributed by atoms with Crippen molar-refractivity contribution >= 4 is 41.3 Å². The quantitative estimate of drug-likeness (QED) is 0.387. The van der Waals surface area contributed by atoms with Crippen LogP contribution in [-0.2, 0) is 4.74 Å². The lowest BCUT2D eigenvalue weighted by Gasteiger charge is -2.39. The normalized spacial score (nSPS) is 34.5. The second kappa shape index (κ2) is 9.21. The monoisotopic (exact) mass is 490 g/mol. The minimum atomic E-state index is 0. The van der Waals surface area contributed by atoms with Gasteiger partial charge in [-0.2, -0.15) is 0 Å². The number of nitrogens with one attached hydrogen (secondary N) is 2. The van der Waals surface area contributed by atoms with E-state index in [1.807, 2.05) is 18.4 Å². The van der Waals surface area contributed by atoms with E-state index in [9.17, 15) is 0 Å². The van der Waals surface area contributed by atoms with E-state index in [4.69, 9.17) is 4.74 Å². The zero-order chi connectivity index (χ0) is 17.2. The van der Waals surface area contributed by atoms with Gasteiger partial charge in [-0.05, 0) is 63.1 Å². The Morgan fingerprint density at radius 1 is 1.38 bits per heavy atom. The molecule has 0 saturated carbocycles. The van der Waals surface area contributed by atoms with Crippen molar-refractivity contribution in [2.75, 3.05) is 27.2 Å². The SMILES string of the molecule is CN=C(NCC1CCCN(C)C1c1cccs1)NC1CC2CCC1O2.I. The van der Waals surface area contributed by atoms with Crippen molar-refractivity contribution in [3.05, 3.63) is 22.4 Å². The highest BCUT2D eigenvalue weighted by Gasteiger charge is 2.41. The van der Waals surface area contributed by atoms with Crippen LogP contribution in [0.1, 0.15) is 43.0 Å². The van der Waals surface area contributed by atoms with E-state index in [1.54, 1.807) is 0 Å². The molecular formula is C19H31IN4OS. The number of guanidine groups is 1. The summed E-state index contributed by atoms with van der Waals surface area (Å²) in [6.07, 6.45) is 6.93. The third-order valence-electron chi connectivity index (χ3n) is 6.03. The molecule has 0 aromatic carbocycles. The highest BCUT2D eigenvalue weighted by molar-refractivity contribution is 14.0. The van der Waals surface area contributed by atoms with E-state index in [-0.39, 0.29) is 24.0 Å². The average Bonchev–Trinajstić information content (AvgIpc) is 3.36. The summed E-state index contributed by atoms with van der Waals surface area (Å²) in [6.45, 7) is 2.16. The summed E-state index contributed by atoms with van der Waals surface area (Å²) in [7, 11) is 4.13. The number of aliphatic imine (C=N–C) groups is 1. The molecule has 5 nitrogen and oxygen atoms in total. The third kappa shape index (κ3) is 4.36. The van der Waals surface area contributed by atoms with Gasteiger partial charge in [0.2, 0.25) is 0 Å². The molecule has 0 amide bonds. The van der Waals surface area contributed by atoms with E-state index >= 15 is 0 Å². The number of halogens is 1. The molecule has 26 heavy (non-hydrogen) atoms. The lowest BCUT2D eigenvalue weighted by Crippen LogP contribution is -2.49. The van der Waals surface area contributed by atoms with E-state index < -0.39 is 0 Å². The molecule has 4 rings (SSSR count). The van der Waals surface area contributed by atoms with Gasteiger partial charge in [-0.25, -0.2) is 0 Å². The molecule has 3 saturated heterocycles. The molecule has 2 bridgehead atoms. The molecule has 3 fully saturated rings.